The second-order valence-corrected chi connectivity index (χ2v) is 9.09. The zero-order chi connectivity index (χ0) is 22.0. The summed E-state index contributed by atoms with van der Waals surface area (Å²) in [4.78, 5) is 23.4. The first-order valence-corrected chi connectivity index (χ1v) is 11.4. The number of hydrogen-bond donors (Lipinski definition) is 1. The summed E-state index contributed by atoms with van der Waals surface area (Å²) in [5.41, 5.74) is 7.79. The number of nitrogen functional groups attached to an aromatic ring is 1. The molecule has 0 aliphatic heterocycles. The van der Waals surface area contributed by atoms with E-state index in [9.17, 15) is 13.2 Å². The second kappa shape index (κ2) is 8.16. The number of sulfone groups is 1. The summed E-state index contributed by atoms with van der Waals surface area (Å²) >= 11 is 0. The number of nitrogens with zero attached hydrogens (tertiary/aromatic N) is 3. The van der Waals surface area contributed by atoms with Gasteiger partial charge in [-0.05, 0) is 48.0 Å². The third-order valence-corrected chi connectivity index (χ3v) is 5.95. The normalized spacial score (nSPS) is 11.4. The molecule has 4 rings (SSSR count). The van der Waals surface area contributed by atoms with E-state index in [1.54, 1.807) is 42.5 Å². The van der Waals surface area contributed by atoms with Gasteiger partial charge in [0.2, 0.25) is 0 Å². The number of rotatable bonds is 5. The molecule has 0 aliphatic carbocycles. The summed E-state index contributed by atoms with van der Waals surface area (Å²) in [5.74, 6) is -0.00850. The van der Waals surface area contributed by atoms with E-state index in [4.69, 9.17) is 5.73 Å². The molecule has 2 heterocycles. The first-order valence-electron chi connectivity index (χ1n) is 9.50. The van der Waals surface area contributed by atoms with Crippen molar-refractivity contribution in [1.29, 1.82) is 0 Å². The number of benzene rings is 2. The van der Waals surface area contributed by atoms with E-state index in [1.165, 1.54) is 17.2 Å². The van der Waals surface area contributed by atoms with Crippen molar-refractivity contribution in [2.75, 3.05) is 16.9 Å². The van der Waals surface area contributed by atoms with Crippen molar-refractivity contribution in [2.45, 2.75) is 11.4 Å². The molecule has 1 amide bonds. The van der Waals surface area contributed by atoms with Crippen LogP contribution in [0, 0.1) is 0 Å². The monoisotopic (exact) mass is 432 g/mol. The fraction of sp³-hybridized carbons (Fsp3) is 0.0870. The molecular formula is C23H20N4O3S. The molecule has 4 aromatic rings. The molecule has 0 radical (unpaired) electrons. The number of fused-ring (bicyclic) bond motifs is 1. The minimum absolute atomic E-state index is 0.0717. The third kappa shape index (κ3) is 4.39. The van der Waals surface area contributed by atoms with Crippen molar-refractivity contribution in [3.05, 3.63) is 90.3 Å². The number of carbonyl (C=O) groups is 1. The van der Waals surface area contributed by atoms with E-state index < -0.39 is 15.7 Å². The predicted molar refractivity (Wildman–Crippen MR) is 120 cm³/mol. The highest BCUT2D eigenvalue weighted by molar-refractivity contribution is 7.90. The average Bonchev–Trinajstić information content (AvgIpc) is 2.77. The maximum absolute atomic E-state index is 13.4. The Morgan fingerprint density at radius 3 is 2.48 bits per heavy atom. The van der Waals surface area contributed by atoms with Crippen molar-refractivity contribution in [2.24, 2.45) is 0 Å². The van der Waals surface area contributed by atoms with Crippen LogP contribution in [0.4, 0.5) is 11.5 Å². The zero-order valence-electron chi connectivity index (χ0n) is 16.8. The maximum Gasteiger partial charge on any atom is 0.277 e. The van der Waals surface area contributed by atoms with Gasteiger partial charge in [0.1, 0.15) is 11.5 Å². The Hall–Kier alpha value is -3.78. The van der Waals surface area contributed by atoms with Gasteiger partial charge in [0, 0.05) is 17.8 Å². The molecule has 156 valence electrons. The van der Waals surface area contributed by atoms with Crippen molar-refractivity contribution in [3.8, 4) is 0 Å². The number of pyridine rings is 2. The van der Waals surface area contributed by atoms with Gasteiger partial charge in [-0.2, -0.15) is 0 Å². The molecule has 2 aromatic heterocycles. The molecule has 0 spiro atoms. The molecule has 8 heteroatoms. The number of para-hydroxylation sites is 1. The molecular weight excluding hydrogens is 412 g/mol. The van der Waals surface area contributed by atoms with Crippen LogP contribution >= 0.6 is 0 Å². The summed E-state index contributed by atoms with van der Waals surface area (Å²) in [5, 5.41) is 0.914. The van der Waals surface area contributed by atoms with E-state index in [0.29, 0.717) is 17.0 Å². The Morgan fingerprint density at radius 1 is 1.00 bits per heavy atom. The number of anilines is 2. The standard InChI is InChI=1S/C23H20N4O3S/c1-31(29,30)21-8-3-2-7-20(21)27(23(28)18-6-4-5-13-25-18)15-16-9-10-17-11-12-22(24)26-19(17)14-16/h2-14H,15H2,1H3,(H2,24,26). The van der Waals surface area contributed by atoms with Crippen LogP contribution < -0.4 is 10.6 Å². The average molecular weight is 433 g/mol. The van der Waals surface area contributed by atoms with Crippen LogP contribution in [0.1, 0.15) is 16.1 Å². The molecule has 0 atom stereocenters. The Labute approximate surface area is 180 Å². The van der Waals surface area contributed by atoms with Crippen LogP contribution in [0.3, 0.4) is 0 Å². The second-order valence-electron chi connectivity index (χ2n) is 7.11. The van der Waals surface area contributed by atoms with Crippen LogP contribution in [0.5, 0.6) is 0 Å². The van der Waals surface area contributed by atoms with Crippen LogP contribution in [0.15, 0.2) is 83.9 Å². The molecule has 2 N–H and O–H groups in total. The quantitative estimate of drug-likeness (QED) is 0.518. The first-order chi connectivity index (χ1) is 14.8. The summed E-state index contributed by atoms with van der Waals surface area (Å²) < 4.78 is 24.8. The molecule has 0 fully saturated rings. The maximum atomic E-state index is 13.4. The van der Waals surface area contributed by atoms with Crippen LogP contribution in [-0.2, 0) is 16.4 Å². The smallest absolute Gasteiger partial charge is 0.277 e. The Bertz CT molecular complexity index is 1370. The van der Waals surface area contributed by atoms with Gasteiger partial charge >= 0.3 is 0 Å². The number of aromatic nitrogens is 2. The first kappa shape index (κ1) is 20.5. The number of amides is 1. The van der Waals surface area contributed by atoms with Crippen LogP contribution in [0.25, 0.3) is 10.9 Å². The van der Waals surface area contributed by atoms with Crippen molar-refractivity contribution >= 4 is 38.2 Å². The Balaban J connectivity index is 1.83. The van der Waals surface area contributed by atoms with E-state index in [-0.39, 0.29) is 17.1 Å². The lowest BCUT2D eigenvalue weighted by Gasteiger charge is -2.25. The number of carbonyl (C=O) groups excluding carboxylic acids is 1. The van der Waals surface area contributed by atoms with Gasteiger partial charge in [0.25, 0.3) is 5.91 Å². The molecule has 0 saturated heterocycles. The summed E-state index contributed by atoms with van der Waals surface area (Å²) in [6.45, 7) is 0.133. The summed E-state index contributed by atoms with van der Waals surface area (Å²) in [6, 6.07) is 20.7. The van der Waals surface area contributed by atoms with E-state index >= 15 is 0 Å². The molecule has 2 aromatic carbocycles. The lowest BCUT2D eigenvalue weighted by atomic mass is 10.1. The lowest BCUT2D eigenvalue weighted by molar-refractivity contribution is 0.0980. The predicted octanol–water partition coefficient (Wildman–Crippen LogP) is 3.46. The van der Waals surface area contributed by atoms with Crippen molar-refractivity contribution < 1.29 is 13.2 Å². The summed E-state index contributed by atoms with van der Waals surface area (Å²) in [6.07, 6.45) is 2.65. The largest absolute Gasteiger partial charge is 0.384 e. The fourth-order valence-electron chi connectivity index (χ4n) is 3.35. The minimum atomic E-state index is -3.57. The number of hydrogen-bond acceptors (Lipinski definition) is 6. The van der Waals surface area contributed by atoms with Gasteiger partial charge in [0.15, 0.2) is 9.84 Å². The van der Waals surface area contributed by atoms with Crippen molar-refractivity contribution in [1.82, 2.24) is 9.97 Å². The molecule has 31 heavy (non-hydrogen) atoms. The molecule has 0 bridgehead atoms. The fourth-order valence-corrected chi connectivity index (χ4v) is 4.23. The van der Waals surface area contributed by atoms with Gasteiger partial charge in [-0.1, -0.05) is 30.3 Å². The van der Waals surface area contributed by atoms with Gasteiger partial charge in [0.05, 0.1) is 22.6 Å². The number of nitrogens with two attached hydrogens (primary N) is 1. The van der Waals surface area contributed by atoms with Gasteiger partial charge < -0.3 is 10.6 Å². The highest BCUT2D eigenvalue weighted by Gasteiger charge is 2.25. The molecule has 7 nitrogen and oxygen atoms in total. The van der Waals surface area contributed by atoms with Crippen molar-refractivity contribution in [3.63, 3.8) is 0 Å². The van der Waals surface area contributed by atoms with E-state index in [2.05, 4.69) is 9.97 Å². The van der Waals surface area contributed by atoms with Gasteiger partial charge in [-0.25, -0.2) is 13.4 Å². The molecule has 0 unspecified atom stereocenters. The summed E-state index contributed by atoms with van der Waals surface area (Å²) in [7, 11) is -3.57. The Morgan fingerprint density at radius 2 is 1.74 bits per heavy atom. The topological polar surface area (TPSA) is 106 Å². The third-order valence-electron chi connectivity index (χ3n) is 4.80. The van der Waals surface area contributed by atoms with E-state index in [1.807, 2.05) is 24.3 Å². The zero-order valence-corrected chi connectivity index (χ0v) is 17.6. The lowest BCUT2D eigenvalue weighted by Crippen LogP contribution is -2.32. The SMILES string of the molecule is CS(=O)(=O)c1ccccc1N(Cc1ccc2ccc(N)nc2c1)C(=O)c1ccccn1. The molecule has 0 aliphatic rings. The van der Waals surface area contributed by atoms with E-state index in [0.717, 1.165) is 17.2 Å². The Kier molecular flexibility index (Phi) is 5.39. The van der Waals surface area contributed by atoms with Crippen LogP contribution in [0.2, 0.25) is 0 Å². The highest BCUT2D eigenvalue weighted by Crippen LogP contribution is 2.28. The molecule has 0 saturated carbocycles. The highest BCUT2D eigenvalue weighted by atomic mass is 32.2. The minimum Gasteiger partial charge on any atom is -0.384 e. The van der Waals surface area contributed by atoms with Crippen LogP contribution in [-0.4, -0.2) is 30.5 Å². The van der Waals surface area contributed by atoms with Gasteiger partial charge in [-0.15, -0.1) is 0 Å². The van der Waals surface area contributed by atoms with Gasteiger partial charge in [-0.3, -0.25) is 9.78 Å².